The first-order chi connectivity index (χ1) is 8.27. The van der Waals surface area contributed by atoms with Gasteiger partial charge in [-0.05, 0) is 30.9 Å². The van der Waals surface area contributed by atoms with E-state index in [1.165, 1.54) is 6.42 Å². The van der Waals surface area contributed by atoms with E-state index in [4.69, 9.17) is 0 Å². The number of aliphatic hydroxyl groups is 1. The van der Waals surface area contributed by atoms with Gasteiger partial charge in [0.05, 0.1) is 0 Å². The predicted molar refractivity (Wildman–Crippen MR) is 67.7 cm³/mol. The van der Waals surface area contributed by atoms with Crippen molar-refractivity contribution in [1.29, 1.82) is 0 Å². The van der Waals surface area contributed by atoms with E-state index in [1.54, 1.807) is 0 Å². The summed E-state index contributed by atoms with van der Waals surface area (Å²) in [6.07, 6.45) is 4.53. The first kappa shape index (κ1) is 12.1. The number of nitrogens with one attached hydrogen (secondary N) is 1. The second-order valence-electron chi connectivity index (χ2n) is 4.70. The zero-order valence-electron chi connectivity index (χ0n) is 9.93. The van der Waals surface area contributed by atoms with Gasteiger partial charge in [0.1, 0.15) is 6.10 Å². The highest BCUT2D eigenvalue weighted by Gasteiger charge is 2.27. The van der Waals surface area contributed by atoms with Crippen molar-refractivity contribution < 1.29 is 9.90 Å². The van der Waals surface area contributed by atoms with Crippen LogP contribution < -0.4 is 5.32 Å². The molecule has 0 aromatic heterocycles. The molecule has 1 aromatic carbocycles. The van der Waals surface area contributed by atoms with Crippen LogP contribution in [0.4, 0.5) is 5.69 Å². The third-order valence-electron chi connectivity index (χ3n) is 3.41. The quantitative estimate of drug-likeness (QED) is 0.843. The molecule has 0 spiro atoms. The number of hydrogen-bond donors (Lipinski definition) is 2. The molecule has 0 radical (unpaired) electrons. The summed E-state index contributed by atoms with van der Waals surface area (Å²) in [7, 11) is 0. The minimum atomic E-state index is -0.865. The van der Waals surface area contributed by atoms with Crippen molar-refractivity contribution in [2.75, 3.05) is 5.32 Å². The molecule has 92 valence electrons. The average Bonchev–Trinajstić information content (AvgIpc) is 2.40. The molecule has 17 heavy (non-hydrogen) atoms. The molecule has 1 fully saturated rings. The van der Waals surface area contributed by atoms with Crippen LogP contribution >= 0.6 is 0 Å². The van der Waals surface area contributed by atoms with Crippen LogP contribution in [0.1, 0.15) is 32.1 Å². The largest absolute Gasteiger partial charge is 0.383 e. The first-order valence-corrected chi connectivity index (χ1v) is 6.31. The molecule has 3 nitrogen and oxygen atoms in total. The van der Waals surface area contributed by atoms with Gasteiger partial charge < -0.3 is 10.4 Å². The van der Waals surface area contributed by atoms with Gasteiger partial charge in [-0.1, -0.05) is 37.5 Å². The second-order valence-corrected chi connectivity index (χ2v) is 4.70. The molecular formula is C14H19NO2. The molecule has 2 N–H and O–H groups in total. The topological polar surface area (TPSA) is 49.3 Å². The van der Waals surface area contributed by atoms with E-state index < -0.39 is 6.10 Å². The number of rotatable bonds is 3. The Morgan fingerprint density at radius 2 is 1.82 bits per heavy atom. The van der Waals surface area contributed by atoms with E-state index in [9.17, 15) is 9.90 Å². The van der Waals surface area contributed by atoms with Gasteiger partial charge in [0, 0.05) is 5.69 Å². The minimum Gasteiger partial charge on any atom is -0.383 e. The van der Waals surface area contributed by atoms with Crippen molar-refractivity contribution in [2.24, 2.45) is 5.92 Å². The van der Waals surface area contributed by atoms with Gasteiger partial charge in [0.15, 0.2) is 0 Å². The number of aliphatic hydroxyl groups excluding tert-OH is 1. The molecule has 0 saturated heterocycles. The van der Waals surface area contributed by atoms with Crippen LogP contribution in [-0.4, -0.2) is 17.1 Å². The van der Waals surface area contributed by atoms with E-state index >= 15 is 0 Å². The first-order valence-electron chi connectivity index (χ1n) is 6.31. The lowest BCUT2D eigenvalue weighted by Crippen LogP contribution is -2.35. The molecular weight excluding hydrogens is 214 g/mol. The summed E-state index contributed by atoms with van der Waals surface area (Å²) in [5.41, 5.74) is 0.743. The number of benzene rings is 1. The number of anilines is 1. The van der Waals surface area contributed by atoms with Crippen molar-refractivity contribution in [3.63, 3.8) is 0 Å². The monoisotopic (exact) mass is 233 g/mol. The van der Waals surface area contributed by atoms with Gasteiger partial charge >= 0.3 is 0 Å². The van der Waals surface area contributed by atoms with E-state index in [0.717, 1.165) is 31.4 Å². The molecule has 3 heteroatoms. The Labute approximate surface area is 102 Å². The number of para-hydroxylation sites is 1. The Morgan fingerprint density at radius 3 is 2.47 bits per heavy atom. The van der Waals surface area contributed by atoms with Gasteiger partial charge in [-0.3, -0.25) is 4.79 Å². The number of carbonyl (C=O) groups excluding carboxylic acids is 1. The fourth-order valence-electron chi connectivity index (χ4n) is 2.40. The summed E-state index contributed by atoms with van der Waals surface area (Å²) in [6.45, 7) is 0. The van der Waals surface area contributed by atoms with Crippen LogP contribution in [0.2, 0.25) is 0 Å². The van der Waals surface area contributed by atoms with Crippen LogP contribution in [0.15, 0.2) is 30.3 Å². The zero-order valence-corrected chi connectivity index (χ0v) is 9.93. The fraction of sp³-hybridized carbons (Fsp3) is 0.500. The standard InChI is InChI=1S/C14H19NO2/c16-13(11-7-3-1-4-8-11)14(17)15-12-9-5-2-6-10-12/h2,5-6,9-11,13,16H,1,3-4,7-8H2,(H,15,17). The van der Waals surface area contributed by atoms with E-state index in [0.29, 0.717) is 0 Å². The number of amides is 1. The molecule has 0 bridgehead atoms. The lowest BCUT2D eigenvalue weighted by Gasteiger charge is -2.25. The zero-order chi connectivity index (χ0) is 12.1. The maximum Gasteiger partial charge on any atom is 0.253 e. The molecule has 1 aliphatic rings. The fourth-order valence-corrected chi connectivity index (χ4v) is 2.40. The maximum atomic E-state index is 11.9. The van der Waals surface area contributed by atoms with Crippen LogP contribution in [0.3, 0.4) is 0 Å². The normalized spacial score (nSPS) is 18.6. The van der Waals surface area contributed by atoms with Gasteiger partial charge in [0.25, 0.3) is 5.91 Å². The molecule has 1 aromatic rings. The number of hydrogen-bond acceptors (Lipinski definition) is 2. The smallest absolute Gasteiger partial charge is 0.253 e. The van der Waals surface area contributed by atoms with Crippen LogP contribution in [0.5, 0.6) is 0 Å². The lowest BCUT2D eigenvalue weighted by atomic mass is 9.85. The van der Waals surface area contributed by atoms with E-state index in [2.05, 4.69) is 5.32 Å². The third-order valence-corrected chi connectivity index (χ3v) is 3.41. The van der Waals surface area contributed by atoms with E-state index in [-0.39, 0.29) is 11.8 Å². The molecule has 2 rings (SSSR count). The summed E-state index contributed by atoms with van der Waals surface area (Å²) < 4.78 is 0. The van der Waals surface area contributed by atoms with Crippen molar-refractivity contribution in [3.05, 3.63) is 30.3 Å². The van der Waals surface area contributed by atoms with Gasteiger partial charge in [-0.25, -0.2) is 0 Å². The highest BCUT2D eigenvalue weighted by atomic mass is 16.3. The third kappa shape index (κ3) is 3.30. The van der Waals surface area contributed by atoms with Crippen molar-refractivity contribution in [2.45, 2.75) is 38.2 Å². The Balaban J connectivity index is 1.90. The number of carbonyl (C=O) groups is 1. The van der Waals surface area contributed by atoms with Crippen molar-refractivity contribution in [1.82, 2.24) is 0 Å². The van der Waals surface area contributed by atoms with Crippen LogP contribution in [0.25, 0.3) is 0 Å². The molecule has 1 unspecified atom stereocenters. The van der Waals surface area contributed by atoms with Gasteiger partial charge in [-0.2, -0.15) is 0 Å². The van der Waals surface area contributed by atoms with Gasteiger partial charge in [-0.15, -0.1) is 0 Å². The molecule has 1 saturated carbocycles. The summed E-state index contributed by atoms with van der Waals surface area (Å²) in [6, 6.07) is 9.27. The van der Waals surface area contributed by atoms with Crippen LogP contribution in [-0.2, 0) is 4.79 Å². The summed E-state index contributed by atoms with van der Waals surface area (Å²) in [4.78, 5) is 11.9. The molecule has 1 aliphatic carbocycles. The Kier molecular flexibility index (Phi) is 4.15. The molecule has 0 aliphatic heterocycles. The van der Waals surface area contributed by atoms with E-state index in [1.807, 2.05) is 30.3 Å². The lowest BCUT2D eigenvalue weighted by molar-refractivity contribution is -0.127. The summed E-state index contributed by atoms with van der Waals surface area (Å²) in [5.74, 6) is -0.143. The highest BCUT2D eigenvalue weighted by molar-refractivity contribution is 5.94. The summed E-state index contributed by atoms with van der Waals surface area (Å²) in [5, 5.41) is 12.7. The van der Waals surface area contributed by atoms with Crippen molar-refractivity contribution >= 4 is 11.6 Å². The molecule has 1 amide bonds. The van der Waals surface area contributed by atoms with Crippen LogP contribution in [0, 0.1) is 5.92 Å². The van der Waals surface area contributed by atoms with Gasteiger partial charge in [0.2, 0.25) is 0 Å². The maximum absolute atomic E-state index is 11.9. The average molecular weight is 233 g/mol. The second kappa shape index (κ2) is 5.82. The predicted octanol–water partition coefficient (Wildman–Crippen LogP) is 2.57. The molecule has 1 atom stereocenters. The Morgan fingerprint density at radius 1 is 1.18 bits per heavy atom. The molecule has 0 heterocycles. The van der Waals surface area contributed by atoms with Crippen molar-refractivity contribution in [3.8, 4) is 0 Å². The highest BCUT2D eigenvalue weighted by Crippen LogP contribution is 2.27. The minimum absolute atomic E-state index is 0.132. The summed E-state index contributed by atoms with van der Waals surface area (Å²) >= 11 is 0. The Bertz CT molecular complexity index is 358. The Hall–Kier alpha value is -1.35. The SMILES string of the molecule is O=C(Nc1ccccc1)C(O)C1CCCCC1.